The van der Waals surface area contributed by atoms with Gasteiger partial charge in [-0.15, -0.1) is 0 Å². The molecule has 0 spiro atoms. The maximum Gasteiger partial charge on any atom is 0.320 e. The fraction of sp³-hybridized carbons (Fsp3) is 0.429. The van der Waals surface area contributed by atoms with E-state index in [0.29, 0.717) is 0 Å². The van der Waals surface area contributed by atoms with Crippen molar-refractivity contribution in [3.63, 3.8) is 0 Å². The molecular formula is C14H16ClNO6. The third-order valence-corrected chi connectivity index (χ3v) is 3.04. The fourth-order valence-corrected chi connectivity index (χ4v) is 2.06. The van der Waals surface area contributed by atoms with Crippen LogP contribution in [0.2, 0.25) is 5.02 Å². The first-order chi connectivity index (χ1) is 10.4. The number of carbonyl (C=O) groups is 2. The minimum Gasteiger partial charge on any atom is -0.465 e. The molecule has 0 aliphatic rings. The van der Waals surface area contributed by atoms with Crippen molar-refractivity contribution in [1.29, 1.82) is 0 Å². The van der Waals surface area contributed by atoms with Crippen molar-refractivity contribution >= 4 is 29.2 Å². The average molecular weight is 330 g/mol. The number of carbonyl (C=O) groups excluding carboxylic acids is 2. The summed E-state index contributed by atoms with van der Waals surface area (Å²) in [5.41, 5.74) is -0.0494. The van der Waals surface area contributed by atoms with Gasteiger partial charge in [0.15, 0.2) is 5.92 Å². The predicted molar refractivity (Wildman–Crippen MR) is 78.6 cm³/mol. The van der Waals surface area contributed by atoms with Crippen LogP contribution in [0.3, 0.4) is 0 Å². The zero-order valence-corrected chi connectivity index (χ0v) is 13.0. The lowest BCUT2D eigenvalue weighted by atomic mass is 9.98. The van der Waals surface area contributed by atoms with Crippen molar-refractivity contribution < 1.29 is 24.0 Å². The van der Waals surface area contributed by atoms with Gasteiger partial charge in [-0.05, 0) is 26.0 Å². The van der Waals surface area contributed by atoms with Crippen molar-refractivity contribution in [3.05, 3.63) is 38.9 Å². The van der Waals surface area contributed by atoms with Crippen LogP contribution < -0.4 is 0 Å². The van der Waals surface area contributed by atoms with Gasteiger partial charge < -0.3 is 9.47 Å². The van der Waals surface area contributed by atoms with Gasteiger partial charge in [-0.25, -0.2) is 0 Å². The summed E-state index contributed by atoms with van der Waals surface area (Å²) in [6, 6.07) is 3.95. The molecule has 22 heavy (non-hydrogen) atoms. The Morgan fingerprint density at radius 1 is 1.23 bits per heavy atom. The zero-order chi connectivity index (χ0) is 16.7. The molecule has 0 unspecified atom stereocenters. The molecule has 7 nitrogen and oxygen atoms in total. The molecule has 0 bridgehead atoms. The third kappa shape index (κ3) is 4.70. The van der Waals surface area contributed by atoms with E-state index in [2.05, 4.69) is 0 Å². The number of nitro benzene ring substituents is 1. The second-order valence-corrected chi connectivity index (χ2v) is 4.73. The Kier molecular flexibility index (Phi) is 6.78. The Morgan fingerprint density at radius 2 is 1.77 bits per heavy atom. The maximum atomic E-state index is 11.9. The van der Waals surface area contributed by atoms with Gasteiger partial charge >= 0.3 is 11.9 Å². The summed E-state index contributed by atoms with van der Waals surface area (Å²) in [7, 11) is 0. The highest BCUT2D eigenvalue weighted by Gasteiger charge is 2.32. The molecule has 0 aliphatic heterocycles. The number of hydrogen-bond acceptors (Lipinski definition) is 6. The minimum atomic E-state index is -1.27. The highest BCUT2D eigenvalue weighted by Crippen LogP contribution is 2.26. The number of ether oxygens (including phenoxy) is 2. The molecule has 0 N–H and O–H groups in total. The van der Waals surface area contributed by atoms with Gasteiger partial charge in [0, 0.05) is 23.1 Å². The lowest BCUT2D eigenvalue weighted by Crippen LogP contribution is -2.30. The van der Waals surface area contributed by atoms with E-state index in [4.69, 9.17) is 21.1 Å². The van der Waals surface area contributed by atoms with E-state index in [0.717, 1.165) is 0 Å². The monoisotopic (exact) mass is 329 g/mol. The number of nitrogens with zero attached hydrogens (tertiary/aromatic N) is 1. The number of hydrogen-bond donors (Lipinski definition) is 0. The molecule has 0 aliphatic carbocycles. The normalized spacial score (nSPS) is 10.4. The lowest BCUT2D eigenvalue weighted by molar-refractivity contribution is -0.385. The summed E-state index contributed by atoms with van der Waals surface area (Å²) in [5.74, 6) is -2.83. The third-order valence-electron chi connectivity index (χ3n) is 2.80. The van der Waals surface area contributed by atoms with E-state index < -0.39 is 22.8 Å². The van der Waals surface area contributed by atoms with Crippen molar-refractivity contribution in [3.8, 4) is 0 Å². The number of rotatable bonds is 7. The maximum absolute atomic E-state index is 11.9. The van der Waals surface area contributed by atoms with Gasteiger partial charge in [-0.3, -0.25) is 19.7 Å². The van der Waals surface area contributed by atoms with Crippen molar-refractivity contribution in [1.82, 2.24) is 0 Å². The lowest BCUT2D eigenvalue weighted by Gasteiger charge is -2.14. The van der Waals surface area contributed by atoms with Gasteiger partial charge in [-0.1, -0.05) is 11.6 Å². The minimum absolute atomic E-state index is 0.0897. The van der Waals surface area contributed by atoms with Crippen LogP contribution in [0.15, 0.2) is 18.2 Å². The predicted octanol–water partition coefficient (Wildman–Crippen LogP) is 2.53. The topological polar surface area (TPSA) is 95.7 Å². The van der Waals surface area contributed by atoms with E-state index in [-0.39, 0.29) is 35.9 Å². The Hall–Kier alpha value is -2.15. The quantitative estimate of drug-likeness (QED) is 0.330. The largest absolute Gasteiger partial charge is 0.465 e. The highest BCUT2D eigenvalue weighted by atomic mass is 35.5. The Bertz CT molecular complexity index is 556. The summed E-state index contributed by atoms with van der Waals surface area (Å²) >= 11 is 5.83. The molecule has 0 saturated heterocycles. The number of benzene rings is 1. The van der Waals surface area contributed by atoms with Crippen LogP contribution in [0.5, 0.6) is 0 Å². The molecule has 0 fully saturated rings. The van der Waals surface area contributed by atoms with E-state index in [1.807, 2.05) is 0 Å². The molecule has 1 aromatic carbocycles. The first kappa shape index (κ1) is 17.9. The van der Waals surface area contributed by atoms with Crippen LogP contribution in [0.1, 0.15) is 19.4 Å². The van der Waals surface area contributed by atoms with Crippen LogP contribution in [-0.2, 0) is 25.5 Å². The molecule has 8 heteroatoms. The SMILES string of the molecule is CCOC(=O)C(Cc1cc(Cl)ccc1[N+](=O)[O-])C(=O)OCC. The van der Waals surface area contributed by atoms with Gasteiger partial charge in [0.05, 0.1) is 18.1 Å². The second kappa shape index (κ2) is 8.33. The summed E-state index contributed by atoms with van der Waals surface area (Å²) < 4.78 is 9.66. The summed E-state index contributed by atoms with van der Waals surface area (Å²) in [5, 5.41) is 11.3. The van der Waals surface area contributed by atoms with Gasteiger partial charge in [-0.2, -0.15) is 0 Å². The van der Waals surface area contributed by atoms with Crippen LogP contribution in [0.4, 0.5) is 5.69 Å². The van der Waals surface area contributed by atoms with Crippen molar-refractivity contribution in [2.75, 3.05) is 13.2 Å². The highest BCUT2D eigenvalue weighted by molar-refractivity contribution is 6.30. The molecule has 0 atom stereocenters. The number of esters is 2. The summed E-state index contributed by atoms with van der Waals surface area (Å²) in [6.07, 6.45) is -0.214. The van der Waals surface area contributed by atoms with E-state index in [1.54, 1.807) is 13.8 Å². The summed E-state index contributed by atoms with van der Waals surface area (Å²) in [4.78, 5) is 34.2. The summed E-state index contributed by atoms with van der Waals surface area (Å²) in [6.45, 7) is 3.38. The molecule has 1 aromatic rings. The van der Waals surface area contributed by atoms with E-state index in [9.17, 15) is 19.7 Å². The van der Waals surface area contributed by atoms with E-state index >= 15 is 0 Å². The zero-order valence-electron chi connectivity index (χ0n) is 12.2. The standard InChI is InChI=1S/C14H16ClNO6/c1-3-21-13(17)11(14(18)22-4-2)8-9-7-10(15)5-6-12(9)16(19)20/h5-7,11H,3-4,8H2,1-2H3. The van der Waals surface area contributed by atoms with E-state index in [1.165, 1.54) is 18.2 Å². The molecule has 0 heterocycles. The van der Waals surface area contributed by atoms with Crippen LogP contribution >= 0.6 is 11.6 Å². The first-order valence-electron chi connectivity index (χ1n) is 6.66. The second-order valence-electron chi connectivity index (χ2n) is 4.29. The van der Waals surface area contributed by atoms with Gasteiger partial charge in [0.25, 0.3) is 5.69 Å². The first-order valence-corrected chi connectivity index (χ1v) is 7.04. The van der Waals surface area contributed by atoms with Gasteiger partial charge in [0.1, 0.15) is 0 Å². The molecule has 120 valence electrons. The molecule has 0 radical (unpaired) electrons. The fourth-order valence-electron chi connectivity index (χ4n) is 1.86. The Balaban J connectivity index is 3.13. The molecule has 0 amide bonds. The smallest absolute Gasteiger partial charge is 0.320 e. The van der Waals surface area contributed by atoms with Crippen LogP contribution in [-0.4, -0.2) is 30.1 Å². The average Bonchev–Trinajstić information content (AvgIpc) is 2.44. The Morgan fingerprint density at radius 3 is 2.23 bits per heavy atom. The Labute approximate surface area is 132 Å². The molecular weight excluding hydrogens is 314 g/mol. The number of nitro groups is 1. The number of halogens is 1. The molecule has 0 aromatic heterocycles. The molecule has 1 rings (SSSR count). The van der Waals surface area contributed by atoms with Crippen molar-refractivity contribution in [2.45, 2.75) is 20.3 Å². The van der Waals surface area contributed by atoms with Crippen LogP contribution in [0, 0.1) is 16.0 Å². The van der Waals surface area contributed by atoms with Crippen molar-refractivity contribution in [2.24, 2.45) is 5.92 Å². The van der Waals surface area contributed by atoms with Crippen LogP contribution in [0.25, 0.3) is 0 Å². The molecule has 0 saturated carbocycles. The van der Waals surface area contributed by atoms with Gasteiger partial charge in [0.2, 0.25) is 0 Å².